The summed E-state index contributed by atoms with van der Waals surface area (Å²) in [5.41, 5.74) is 2.28. The van der Waals surface area contributed by atoms with Gasteiger partial charge in [0.1, 0.15) is 5.75 Å². The van der Waals surface area contributed by atoms with Gasteiger partial charge in [-0.05, 0) is 48.7 Å². The molecule has 1 saturated heterocycles. The molecule has 0 radical (unpaired) electrons. The number of carboxylic acids is 1. The molecule has 3 rings (SSSR count). The van der Waals surface area contributed by atoms with E-state index in [0.717, 1.165) is 17.7 Å². The fourth-order valence-electron chi connectivity index (χ4n) is 3.06. The van der Waals surface area contributed by atoms with Crippen LogP contribution >= 0.6 is 0 Å². The minimum Gasteiger partial charge on any atom is -0.482 e. The molecule has 1 aliphatic heterocycles. The number of benzene rings is 2. The van der Waals surface area contributed by atoms with E-state index in [9.17, 15) is 14.4 Å². The predicted octanol–water partition coefficient (Wildman–Crippen LogP) is 2.25. The molecule has 2 N–H and O–H groups in total. The number of amides is 2. The molecule has 0 spiro atoms. The topological polar surface area (TPSA) is 95.9 Å². The molecule has 0 aliphatic carbocycles. The van der Waals surface area contributed by atoms with Crippen molar-refractivity contribution in [3.8, 4) is 5.75 Å². The second-order valence-electron chi connectivity index (χ2n) is 6.53. The number of nitrogens with zero attached hydrogens (tertiary/aromatic N) is 1. The summed E-state index contributed by atoms with van der Waals surface area (Å²) in [6, 6.07) is 14.2. The first kappa shape index (κ1) is 19.4. The van der Waals surface area contributed by atoms with Crippen molar-refractivity contribution < 1.29 is 24.2 Å². The molecule has 0 unspecified atom stereocenters. The number of aliphatic carboxylic acids is 1. The highest BCUT2D eigenvalue weighted by Crippen LogP contribution is 2.22. The van der Waals surface area contributed by atoms with Crippen LogP contribution in [0.3, 0.4) is 0 Å². The standard InChI is InChI=1S/C21H22N2O5/c24-19-5-2-12-23(19)17-4-1-3-16(13-17)21(27)22-11-10-15-6-8-18(9-7-15)28-14-20(25)26/h1,3-4,6-9,13H,2,5,10-12,14H2,(H,22,27)(H,25,26). The molecule has 2 amide bonds. The zero-order valence-electron chi connectivity index (χ0n) is 15.4. The first-order valence-electron chi connectivity index (χ1n) is 9.15. The van der Waals surface area contributed by atoms with Gasteiger partial charge in [-0.1, -0.05) is 18.2 Å². The molecule has 7 nitrogen and oxygen atoms in total. The van der Waals surface area contributed by atoms with E-state index in [1.165, 1.54) is 0 Å². The lowest BCUT2D eigenvalue weighted by Gasteiger charge is -2.16. The van der Waals surface area contributed by atoms with Crippen molar-refractivity contribution in [1.29, 1.82) is 0 Å². The van der Waals surface area contributed by atoms with Crippen LogP contribution in [-0.4, -0.2) is 42.6 Å². The normalized spacial score (nSPS) is 13.4. The van der Waals surface area contributed by atoms with E-state index in [-0.39, 0.29) is 18.4 Å². The van der Waals surface area contributed by atoms with Crippen molar-refractivity contribution in [2.45, 2.75) is 19.3 Å². The highest BCUT2D eigenvalue weighted by molar-refractivity contribution is 5.99. The Kier molecular flexibility index (Phi) is 6.26. The van der Waals surface area contributed by atoms with Crippen LogP contribution in [0.5, 0.6) is 5.75 Å². The van der Waals surface area contributed by atoms with Gasteiger partial charge in [0.05, 0.1) is 0 Å². The monoisotopic (exact) mass is 382 g/mol. The lowest BCUT2D eigenvalue weighted by atomic mass is 10.1. The van der Waals surface area contributed by atoms with Gasteiger partial charge in [0, 0.05) is 30.8 Å². The maximum absolute atomic E-state index is 12.4. The molecule has 1 aliphatic rings. The smallest absolute Gasteiger partial charge is 0.341 e. The Bertz CT molecular complexity index is 863. The van der Waals surface area contributed by atoms with Gasteiger partial charge < -0.3 is 20.1 Å². The van der Waals surface area contributed by atoms with E-state index < -0.39 is 5.97 Å². The molecule has 0 aromatic heterocycles. The number of ether oxygens (including phenoxy) is 1. The van der Waals surface area contributed by atoms with E-state index in [1.54, 1.807) is 35.2 Å². The van der Waals surface area contributed by atoms with Crippen molar-refractivity contribution >= 4 is 23.5 Å². The minimum absolute atomic E-state index is 0.0911. The SMILES string of the molecule is O=C(O)COc1ccc(CCNC(=O)c2cccc(N3CCCC3=O)c2)cc1. The van der Waals surface area contributed by atoms with Crippen LogP contribution in [0.25, 0.3) is 0 Å². The molecular weight excluding hydrogens is 360 g/mol. The maximum atomic E-state index is 12.4. The van der Waals surface area contributed by atoms with Gasteiger partial charge in [-0.15, -0.1) is 0 Å². The molecule has 28 heavy (non-hydrogen) atoms. The summed E-state index contributed by atoms with van der Waals surface area (Å²) in [4.78, 5) is 36.5. The van der Waals surface area contributed by atoms with E-state index in [2.05, 4.69) is 5.32 Å². The number of carboxylic acid groups (broad SMARTS) is 1. The largest absolute Gasteiger partial charge is 0.482 e. The summed E-state index contributed by atoms with van der Waals surface area (Å²) >= 11 is 0. The van der Waals surface area contributed by atoms with Gasteiger partial charge in [-0.3, -0.25) is 9.59 Å². The van der Waals surface area contributed by atoms with Crippen LogP contribution in [0.15, 0.2) is 48.5 Å². The van der Waals surface area contributed by atoms with Crippen LogP contribution < -0.4 is 15.0 Å². The fourth-order valence-corrected chi connectivity index (χ4v) is 3.06. The second-order valence-corrected chi connectivity index (χ2v) is 6.53. The van der Waals surface area contributed by atoms with Gasteiger partial charge in [-0.2, -0.15) is 0 Å². The van der Waals surface area contributed by atoms with E-state index in [4.69, 9.17) is 9.84 Å². The highest BCUT2D eigenvalue weighted by atomic mass is 16.5. The lowest BCUT2D eigenvalue weighted by molar-refractivity contribution is -0.139. The zero-order chi connectivity index (χ0) is 19.9. The van der Waals surface area contributed by atoms with Crippen molar-refractivity contribution in [2.24, 2.45) is 0 Å². The Morgan fingerprint density at radius 1 is 1.14 bits per heavy atom. The third-order valence-corrected chi connectivity index (χ3v) is 4.48. The van der Waals surface area contributed by atoms with Gasteiger partial charge in [0.15, 0.2) is 6.61 Å². The van der Waals surface area contributed by atoms with Crippen molar-refractivity contribution in [1.82, 2.24) is 5.32 Å². The average molecular weight is 382 g/mol. The first-order chi connectivity index (χ1) is 13.5. The molecular formula is C21H22N2O5. The minimum atomic E-state index is -1.02. The average Bonchev–Trinajstić information content (AvgIpc) is 3.13. The first-order valence-corrected chi connectivity index (χ1v) is 9.15. The second kappa shape index (κ2) is 9.03. The van der Waals surface area contributed by atoms with Crippen LogP contribution in [0.1, 0.15) is 28.8 Å². The number of hydrogen-bond donors (Lipinski definition) is 2. The molecule has 1 heterocycles. The number of nitrogens with one attached hydrogen (secondary N) is 1. The van der Waals surface area contributed by atoms with E-state index in [0.29, 0.717) is 37.2 Å². The quantitative estimate of drug-likeness (QED) is 0.730. The molecule has 0 bridgehead atoms. The Balaban J connectivity index is 1.50. The Labute approximate surface area is 162 Å². The van der Waals surface area contributed by atoms with Gasteiger partial charge in [-0.25, -0.2) is 4.79 Å². The van der Waals surface area contributed by atoms with Gasteiger partial charge >= 0.3 is 5.97 Å². The molecule has 2 aromatic carbocycles. The lowest BCUT2D eigenvalue weighted by Crippen LogP contribution is -2.27. The molecule has 146 valence electrons. The highest BCUT2D eigenvalue weighted by Gasteiger charge is 2.22. The summed E-state index contributed by atoms with van der Waals surface area (Å²) in [5, 5.41) is 11.5. The van der Waals surface area contributed by atoms with E-state index in [1.807, 2.05) is 18.2 Å². The Morgan fingerprint density at radius 3 is 2.61 bits per heavy atom. The van der Waals surface area contributed by atoms with Crippen molar-refractivity contribution in [2.75, 3.05) is 24.6 Å². The maximum Gasteiger partial charge on any atom is 0.341 e. The van der Waals surface area contributed by atoms with Crippen LogP contribution in [-0.2, 0) is 16.0 Å². The van der Waals surface area contributed by atoms with E-state index >= 15 is 0 Å². The molecule has 7 heteroatoms. The van der Waals surface area contributed by atoms with Gasteiger partial charge in [0.25, 0.3) is 5.91 Å². The molecule has 1 fully saturated rings. The number of carbonyl (C=O) groups is 3. The number of hydrogen-bond acceptors (Lipinski definition) is 4. The van der Waals surface area contributed by atoms with Crippen molar-refractivity contribution in [3.63, 3.8) is 0 Å². The summed E-state index contributed by atoms with van der Waals surface area (Å²) in [6.07, 6.45) is 2.03. The van der Waals surface area contributed by atoms with Crippen LogP contribution in [0.2, 0.25) is 0 Å². The number of anilines is 1. The summed E-state index contributed by atoms with van der Waals surface area (Å²) in [5.74, 6) is -0.628. The number of carbonyl (C=O) groups excluding carboxylic acids is 2. The Morgan fingerprint density at radius 2 is 1.93 bits per heavy atom. The summed E-state index contributed by atoms with van der Waals surface area (Å²) < 4.78 is 5.09. The molecule has 0 atom stereocenters. The van der Waals surface area contributed by atoms with Gasteiger partial charge in [0.2, 0.25) is 5.91 Å². The Hall–Kier alpha value is -3.35. The van der Waals surface area contributed by atoms with Crippen LogP contribution in [0, 0.1) is 0 Å². The molecule has 0 saturated carbocycles. The third kappa shape index (κ3) is 5.09. The van der Waals surface area contributed by atoms with Crippen molar-refractivity contribution in [3.05, 3.63) is 59.7 Å². The third-order valence-electron chi connectivity index (χ3n) is 4.48. The molecule has 2 aromatic rings. The van der Waals surface area contributed by atoms with Crippen LogP contribution in [0.4, 0.5) is 5.69 Å². The number of rotatable bonds is 8. The summed E-state index contributed by atoms with van der Waals surface area (Å²) in [6.45, 7) is 0.772. The zero-order valence-corrected chi connectivity index (χ0v) is 15.4. The fraction of sp³-hybridized carbons (Fsp3) is 0.286. The predicted molar refractivity (Wildman–Crippen MR) is 104 cm³/mol. The summed E-state index contributed by atoms with van der Waals surface area (Å²) in [7, 11) is 0.